The van der Waals surface area contributed by atoms with Crippen LogP contribution in [-0.2, 0) is 7.05 Å². The minimum absolute atomic E-state index is 0.336. The zero-order valence-corrected chi connectivity index (χ0v) is 21.1. The van der Waals surface area contributed by atoms with Crippen LogP contribution in [0.25, 0.3) is 22.0 Å². The van der Waals surface area contributed by atoms with Crippen LogP contribution in [0.15, 0.2) is 42.6 Å². The number of hydrogen-bond donors (Lipinski definition) is 0. The fourth-order valence-corrected chi connectivity index (χ4v) is 5.88. The molecule has 0 amide bonds. The van der Waals surface area contributed by atoms with Gasteiger partial charge in [0.05, 0.1) is 19.0 Å². The van der Waals surface area contributed by atoms with Crippen LogP contribution in [0.5, 0.6) is 0 Å². The minimum atomic E-state index is -1.56. The van der Waals surface area contributed by atoms with Gasteiger partial charge in [-0.25, -0.2) is 4.57 Å². The summed E-state index contributed by atoms with van der Waals surface area (Å²) in [6.45, 7) is 21.2. The quantitative estimate of drug-likeness (QED) is 0.334. The third-order valence-electron chi connectivity index (χ3n) is 7.35. The highest BCUT2D eigenvalue weighted by atomic mass is 28.3. The molecule has 0 saturated carbocycles. The van der Waals surface area contributed by atoms with E-state index in [4.69, 9.17) is 0 Å². The second kappa shape index (κ2) is 7.39. The van der Waals surface area contributed by atoms with Crippen LogP contribution in [0, 0.1) is 13.8 Å². The van der Waals surface area contributed by atoms with Gasteiger partial charge in [0.15, 0.2) is 6.20 Å². The first-order chi connectivity index (χ1) is 13.3. The maximum absolute atomic E-state index is 2.50. The third kappa shape index (κ3) is 3.80. The van der Waals surface area contributed by atoms with Crippen molar-refractivity contribution >= 4 is 24.0 Å². The molecule has 2 aromatic carbocycles. The lowest BCUT2D eigenvalue weighted by Gasteiger charge is -2.37. The summed E-state index contributed by atoms with van der Waals surface area (Å²) in [5.74, 6) is 0.526. The number of aromatic nitrogens is 1. The second-order valence-corrected chi connectivity index (χ2v) is 15.9. The van der Waals surface area contributed by atoms with E-state index in [1.165, 1.54) is 38.7 Å². The van der Waals surface area contributed by atoms with E-state index in [1.807, 2.05) is 0 Å². The number of benzene rings is 2. The van der Waals surface area contributed by atoms with E-state index in [0.717, 1.165) is 0 Å². The predicted octanol–water partition coefficient (Wildman–Crippen LogP) is 6.79. The van der Waals surface area contributed by atoms with Crippen molar-refractivity contribution in [3.05, 3.63) is 59.3 Å². The average Bonchev–Trinajstić information content (AvgIpc) is 2.62. The number of hydrogen-bond acceptors (Lipinski definition) is 0. The van der Waals surface area contributed by atoms with Crippen LogP contribution >= 0.6 is 0 Å². The average molecular weight is 405 g/mol. The van der Waals surface area contributed by atoms with Gasteiger partial charge in [-0.2, -0.15) is 0 Å². The van der Waals surface area contributed by atoms with Gasteiger partial charge in [0.1, 0.15) is 7.05 Å². The van der Waals surface area contributed by atoms with Gasteiger partial charge in [-0.15, -0.1) is 0 Å². The summed E-state index contributed by atoms with van der Waals surface area (Å²) in [7, 11) is 0.615. The molecule has 1 nitrogen and oxygen atoms in total. The van der Waals surface area contributed by atoms with Crippen molar-refractivity contribution in [2.75, 3.05) is 0 Å². The molecule has 29 heavy (non-hydrogen) atoms. The molecule has 0 aliphatic rings. The molecule has 3 aromatic rings. The van der Waals surface area contributed by atoms with Gasteiger partial charge in [0, 0.05) is 6.07 Å². The Kier molecular flexibility index (Phi) is 5.55. The van der Waals surface area contributed by atoms with Crippen molar-refractivity contribution < 1.29 is 4.57 Å². The van der Waals surface area contributed by atoms with Gasteiger partial charge >= 0.3 is 0 Å². The molecule has 0 radical (unpaired) electrons. The van der Waals surface area contributed by atoms with Crippen LogP contribution < -0.4 is 9.75 Å². The number of aryl methyl sites for hydroxylation is 2. The zero-order chi connectivity index (χ0) is 21.7. The molecular formula is C27H38NSi+. The lowest BCUT2D eigenvalue weighted by Crippen LogP contribution is -2.49. The molecule has 0 bridgehead atoms. The fraction of sp³-hybridized carbons (Fsp3) is 0.444. The summed E-state index contributed by atoms with van der Waals surface area (Å²) in [5, 5.41) is 4.58. The Morgan fingerprint density at radius 3 is 2.17 bits per heavy atom. The first kappa shape index (κ1) is 21.8. The molecule has 0 N–H and O–H groups in total. The van der Waals surface area contributed by atoms with Crippen LogP contribution in [0.1, 0.15) is 57.2 Å². The van der Waals surface area contributed by atoms with Crippen molar-refractivity contribution in [3.63, 3.8) is 0 Å². The van der Waals surface area contributed by atoms with E-state index < -0.39 is 8.07 Å². The number of nitrogens with zero attached hydrogens (tertiary/aromatic N) is 1. The third-order valence-corrected chi connectivity index (χ3v) is 12.8. The van der Waals surface area contributed by atoms with Crippen molar-refractivity contribution in [1.82, 2.24) is 0 Å². The summed E-state index contributed by atoms with van der Waals surface area (Å²) >= 11 is 0. The Labute approximate surface area is 178 Å². The highest BCUT2D eigenvalue weighted by Crippen LogP contribution is 2.37. The summed E-state index contributed by atoms with van der Waals surface area (Å²) in [5.41, 5.74) is 6.86. The Morgan fingerprint density at radius 1 is 0.931 bits per heavy atom. The lowest BCUT2D eigenvalue weighted by molar-refractivity contribution is -0.659. The number of fused-ring (bicyclic) bond motifs is 1. The SMILES string of the molecule is Cc1cc(C(C)C)cc(-c2c3ccc([Si](C)(C)C(C)(C)C)cc3cc[n+]2C)c1C. The lowest BCUT2D eigenvalue weighted by atomic mass is 9.91. The highest BCUT2D eigenvalue weighted by molar-refractivity contribution is 6.92. The Hall–Kier alpha value is -1.93. The van der Waals surface area contributed by atoms with E-state index in [2.05, 4.69) is 116 Å². The van der Waals surface area contributed by atoms with Gasteiger partial charge < -0.3 is 0 Å². The van der Waals surface area contributed by atoms with Crippen LogP contribution in [-0.4, -0.2) is 8.07 Å². The van der Waals surface area contributed by atoms with E-state index >= 15 is 0 Å². The van der Waals surface area contributed by atoms with Crippen LogP contribution in [0.4, 0.5) is 0 Å². The molecule has 1 aromatic heterocycles. The predicted molar refractivity (Wildman–Crippen MR) is 131 cm³/mol. The Balaban J connectivity index is 2.30. The fourth-order valence-electron chi connectivity index (χ4n) is 4.00. The molecule has 0 aliphatic heterocycles. The van der Waals surface area contributed by atoms with Crippen LogP contribution in [0.3, 0.4) is 0 Å². The number of rotatable bonds is 3. The van der Waals surface area contributed by atoms with Crippen molar-refractivity contribution in [2.24, 2.45) is 7.05 Å². The van der Waals surface area contributed by atoms with Gasteiger partial charge in [0.2, 0.25) is 5.69 Å². The Bertz CT molecular complexity index is 1070. The van der Waals surface area contributed by atoms with Crippen molar-refractivity contribution in [1.29, 1.82) is 0 Å². The molecule has 0 saturated heterocycles. The van der Waals surface area contributed by atoms with Gasteiger partial charge in [0.25, 0.3) is 0 Å². The first-order valence-electron chi connectivity index (χ1n) is 10.9. The highest BCUT2D eigenvalue weighted by Gasteiger charge is 2.37. The smallest absolute Gasteiger partial charge is 0.200 e. The summed E-state index contributed by atoms with van der Waals surface area (Å²) < 4.78 is 2.29. The molecule has 0 unspecified atom stereocenters. The van der Waals surface area contributed by atoms with Crippen molar-refractivity contribution in [2.45, 2.75) is 72.5 Å². The summed E-state index contributed by atoms with van der Waals surface area (Å²) in [4.78, 5) is 0. The first-order valence-corrected chi connectivity index (χ1v) is 13.9. The minimum Gasteiger partial charge on any atom is -0.200 e. The van der Waals surface area contributed by atoms with Gasteiger partial charge in [-0.05, 0) is 59.0 Å². The molecule has 0 aliphatic carbocycles. The maximum Gasteiger partial charge on any atom is 0.220 e. The molecule has 0 fully saturated rings. The molecule has 0 spiro atoms. The monoisotopic (exact) mass is 404 g/mol. The molecule has 154 valence electrons. The summed E-state index contributed by atoms with van der Waals surface area (Å²) in [6.07, 6.45) is 2.23. The van der Waals surface area contributed by atoms with Gasteiger partial charge in [-0.1, -0.05) is 71.1 Å². The molecule has 1 heterocycles. The second-order valence-electron chi connectivity index (χ2n) is 10.6. The van der Waals surface area contributed by atoms with E-state index in [1.54, 1.807) is 5.19 Å². The van der Waals surface area contributed by atoms with Gasteiger partial charge in [-0.3, -0.25) is 0 Å². The topological polar surface area (TPSA) is 3.88 Å². The standard InChI is InChI=1S/C27H38NSi/c1-18(2)22-15-19(3)20(4)25(17-22)26-24-12-11-23(29(9,10)27(5,6)7)16-21(24)13-14-28(26)8/h11-18H,1-10H3/q+1. The molecule has 2 heteroatoms. The maximum atomic E-state index is 2.50. The molecule has 3 rings (SSSR count). The van der Waals surface area contributed by atoms with E-state index in [-0.39, 0.29) is 0 Å². The van der Waals surface area contributed by atoms with E-state index in [0.29, 0.717) is 11.0 Å². The zero-order valence-electron chi connectivity index (χ0n) is 20.1. The van der Waals surface area contributed by atoms with Crippen molar-refractivity contribution in [3.8, 4) is 11.3 Å². The number of pyridine rings is 1. The normalized spacial score (nSPS) is 12.8. The molecule has 0 atom stereocenters. The Morgan fingerprint density at radius 2 is 1.59 bits per heavy atom. The largest absolute Gasteiger partial charge is 0.220 e. The van der Waals surface area contributed by atoms with E-state index in [9.17, 15) is 0 Å². The van der Waals surface area contributed by atoms with Crippen LogP contribution in [0.2, 0.25) is 18.1 Å². The summed E-state index contributed by atoms with van der Waals surface area (Å²) in [6, 6.07) is 14.3. The molecular weight excluding hydrogens is 366 g/mol.